The lowest BCUT2D eigenvalue weighted by atomic mass is 10.3. The lowest BCUT2D eigenvalue weighted by Gasteiger charge is -2.12. The van der Waals surface area contributed by atoms with Gasteiger partial charge in [-0.25, -0.2) is 5.43 Å². The minimum Gasteiger partial charge on any atom is -0.481 e. The molecule has 1 amide bonds. The van der Waals surface area contributed by atoms with E-state index in [2.05, 4.69) is 10.5 Å². The number of hydrogen-bond acceptors (Lipinski definition) is 6. The predicted octanol–water partition coefficient (Wildman–Crippen LogP) is 3.23. The first-order valence-electron chi connectivity index (χ1n) is 6.44. The average Bonchev–Trinajstić information content (AvgIpc) is 2.96. The summed E-state index contributed by atoms with van der Waals surface area (Å²) in [5.41, 5.74) is 2.30. The minimum absolute atomic E-state index is 0.0135. The third-order valence-electron chi connectivity index (χ3n) is 2.66. The van der Waals surface area contributed by atoms with Crippen molar-refractivity contribution in [2.24, 2.45) is 5.10 Å². The molecular formula is C14H12ClN3O4S. The zero-order valence-electron chi connectivity index (χ0n) is 11.9. The van der Waals surface area contributed by atoms with Crippen molar-refractivity contribution in [3.8, 4) is 5.75 Å². The number of ether oxygens (including phenoxy) is 1. The van der Waals surface area contributed by atoms with Gasteiger partial charge in [0.05, 0.1) is 21.4 Å². The van der Waals surface area contributed by atoms with E-state index in [1.54, 1.807) is 31.2 Å². The van der Waals surface area contributed by atoms with Crippen molar-refractivity contribution in [3.05, 3.63) is 55.7 Å². The molecule has 1 atom stereocenters. The molecule has 0 saturated heterocycles. The van der Waals surface area contributed by atoms with Crippen LogP contribution in [-0.2, 0) is 4.79 Å². The highest BCUT2D eigenvalue weighted by Gasteiger charge is 2.14. The lowest BCUT2D eigenvalue weighted by Crippen LogP contribution is -2.33. The molecule has 0 fully saturated rings. The molecule has 9 heteroatoms. The number of halogens is 1. The molecule has 120 valence electrons. The van der Waals surface area contributed by atoms with E-state index >= 15 is 0 Å². The van der Waals surface area contributed by atoms with Gasteiger partial charge in [-0.1, -0.05) is 17.7 Å². The van der Waals surface area contributed by atoms with Crippen molar-refractivity contribution in [1.82, 2.24) is 5.43 Å². The fourth-order valence-electron chi connectivity index (χ4n) is 1.55. The zero-order valence-corrected chi connectivity index (χ0v) is 13.5. The largest absolute Gasteiger partial charge is 0.481 e. The molecule has 0 aliphatic heterocycles. The van der Waals surface area contributed by atoms with Crippen LogP contribution in [0.2, 0.25) is 5.02 Å². The summed E-state index contributed by atoms with van der Waals surface area (Å²) in [6, 6.07) is 8.06. The van der Waals surface area contributed by atoms with E-state index in [1.165, 1.54) is 17.7 Å². The number of hydrazone groups is 1. The smallest absolute Gasteiger partial charge is 0.280 e. The number of nitrogens with zero attached hydrogens (tertiary/aromatic N) is 2. The molecule has 23 heavy (non-hydrogen) atoms. The number of thiophene rings is 1. The number of rotatable bonds is 6. The monoisotopic (exact) mass is 353 g/mol. The summed E-state index contributed by atoms with van der Waals surface area (Å²) in [7, 11) is 0. The van der Waals surface area contributed by atoms with Crippen molar-refractivity contribution in [3.63, 3.8) is 0 Å². The van der Waals surface area contributed by atoms with Crippen LogP contribution in [0.4, 0.5) is 5.69 Å². The van der Waals surface area contributed by atoms with Gasteiger partial charge in [-0.15, -0.1) is 11.3 Å². The Kier molecular flexibility index (Phi) is 5.67. The molecule has 1 aromatic carbocycles. The van der Waals surface area contributed by atoms with Gasteiger partial charge in [-0.05, 0) is 25.1 Å². The molecular weight excluding hydrogens is 342 g/mol. The number of carbonyl (C=O) groups is 1. The SMILES string of the molecule is C[C@@H](Oc1cccc(Cl)c1)C(=O)N/N=C\c1cc([N+](=O)[O-])cs1. The van der Waals surface area contributed by atoms with Crippen molar-refractivity contribution in [1.29, 1.82) is 0 Å². The summed E-state index contributed by atoms with van der Waals surface area (Å²) in [5, 5.41) is 16.2. The molecule has 2 rings (SSSR count). The van der Waals surface area contributed by atoms with Crippen molar-refractivity contribution in [2.45, 2.75) is 13.0 Å². The summed E-state index contributed by atoms with van der Waals surface area (Å²) in [5.74, 6) is 0.0188. The number of amides is 1. The topological polar surface area (TPSA) is 93.8 Å². The number of carbonyl (C=O) groups excluding carboxylic acids is 1. The zero-order chi connectivity index (χ0) is 16.8. The summed E-state index contributed by atoms with van der Waals surface area (Å²) in [6.07, 6.45) is 0.560. The van der Waals surface area contributed by atoms with E-state index in [0.717, 1.165) is 11.3 Å². The molecule has 1 heterocycles. The third kappa shape index (κ3) is 5.04. The van der Waals surface area contributed by atoms with Crippen LogP contribution in [0.1, 0.15) is 11.8 Å². The molecule has 0 saturated carbocycles. The van der Waals surface area contributed by atoms with Crippen molar-refractivity contribution < 1.29 is 14.5 Å². The number of benzene rings is 1. The fourth-order valence-corrected chi connectivity index (χ4v) is 2.45. The maximum atomic E-state index is 11.8. The van der Waals surface area contributed by atoms with Crippen LogP contribution in [0.5, 0.6) is 5.75 Å². The molecule has 7 nitrogen and oxygen atoms in total. The van der Waals surface area contributed by atoms with Crippen LogP contribution >= 0.6 is 22.9 Å². The molecule has 0 unspecified atom stereocenters. The Bertz CT molecular complexity index is 747. The van der Waals surface area contributed by atoms with Gasteiger partial charge in [0.15, 0.2) is 6.10 Å². The third-order valence-corrected chi connectivity index (χ3v) is 3.75. The van der Waals surface area contributed by atoms with Crippen LogP contribution < -0.4 is 10.2 Å². The summed E-state index contributed by atoms with van der Waals surface area (Å²) in [6.45, 7) is 1.57. The molecule has 0 radical (unpaired) electrons. The van der Waals surface area contributed by atoms with Crippen molar-refractivity contribution in [2.75, 3.05) is 0 Å². The van der Waals surface area contributed by atoms with Crippen LogP contribution in [0.3, 0.4) is 0 Å². The fraction of sp³-hybridized carbons (Fsp3) is 0.143. The maximum absolute atomic E-state index is 11.8. The Morgan fingerprint density at radius 2 is 2.30 bits per heavy atom. The van der Waals surface area contributed by atoms with Gasteiger partial charge in [0.2, 0.25) is 0 Å². The Morgan fingerprint density at radius 3 is 2.96 bits per heavy atom. The lowest BCUT2D eigenvalue weighted by molar-refractivity contribution is -0.384. The first-order valence-corrected chi connectivity index (χ1v) is 7.69. The minimum atomic E-state index is -0.775. The number of nitro groups is 1. The summed E-state index contributed by atoms with van der Waals surface area (Å²) in [4.78, 5) is 22.5. The van der Waals surface area contributed by atoms with Gasteiger partial charge in [-0.2, -0.15) is 5.10 Å². The van der Waals surface area contributed by atoms with Crippen LogP contribution in [0, 0.1) is 10.1 Å². The van der Waals surface area contributed by atoms with E-state index in [4.69, 9.17) is 16.3 Å². The van der Waals surface area contributed by atoms with Gasteiger partial charge < -0.3 is 4.74 Å². The first-order chi connectivity index (χ1) is 11.0. The van der Waals surface area contributed by atoms with E-state index in [1.807, 2.05) is 0 Å². The van der Waals surface area contributed by atoms with Crippen LogP contribution in [0.25, 0.3) is 0 Å². The molecule has 1 N–H and O–H groups in total. The molecule has 0 aliphatic carbocycles. The Labute approximate surface area is 140 Å². The average molecular weight is 354 g/mol. The first kappa shape index (κ1) is 16.9. The Hall–Kier alpha value is -2.45. The van der Waals surface area contributed by atoms with Gasteiger partial charge >= 0.3 is 0 Å². The second-order valence-electron chi connectivity index (χ2n) is 4.42. The molecule has 0 aliphatic rings. The van der Waals surface area contributed by atoms with Gasteiger partial charge in [0.25, 0.3) is 11.6 Å². The van der Waals surface area contributed by atoms with E-state index < -0.39 is 16.9 Å². The normalized spacial score (nSPS) is 12.1. The highest BCUT2D eigenvalue weighted by molar-refractivity contribution is 7.12. The van der Waals surface area contributed by atoms with Gasteiger partial charge in [-0.3, -0.25) is 14.9 Å². The van der Waals surface area contributed by atoms with Crippen LogP contribution in [-0.4, -0.2) is 23.1 Å². The van der Waals surface area contributed by atoms with E-state index in [0.29, 0.717) is 15.6 Å². The molecule has 0 bridgehead atoms. The second-order valence-corrected chi connectivity index (χ2v) is 5.80. The summed E-state index contributed by atoms with van der Waals surface area (Å²) < 4.78 is 5.44. The molecule has 1 aromatic heterocycles. The quantitative estimate of drug-likeness (QED) is 0.490. The summed E-state index contributed by atoms with van der Waals surface area (Å²) >= 11 is 6.99. The van der Waals surface area contributed by atoms with Gasteiger partial charge in [0, 0.05) is 11.1 Å². The Balaban J connectivity index is 1.88. The number of nitrogens with one attached hydrogen (secondary N) is 1. The van der Waals surface area contributed by atoms with Gasteiger partial charge in [0.1, 0.15) is 5.75 Å². The maximum Gasteiger partial charge on any atom is 0.280 e. The standard InChI is InChI=1S/C14H12ClN3O4S/c1-9(22-12-4-2-3-10(15)5-12)14(19)17-16-7-13-6-11(8-23-13)18(20)21/h2-9H,1H3,(H,17,19)/b16-7-/t9-/m1/s1. The highest BCUT2D eigenvalue weighted by Crippen LogP contribution is 2.20. The molecule has 0 spiro atoms. The van der Waals surface area contributed by atoms with Crippen molar-refractivity contribution >= 4 is 40.7 Å². The Morgan fingerprint density at radius 1 is 1.52 bits per heavy atom. The highest BCUT2D eigenvalue weighted by atomic mass is 35.5. The second kappa shape index (κ2) is 7.70. The van der Waals surface area contributed by atoms with E-state index in [-0.39, 0.29) is 5.69 Å². The number of hydrogen-bond donors (Lipinski definition) is 1. The van der Waals surface area contributed by atoms with Crippen LogP contribution in [0.15, 0.2) is 40.8 Å². The predicted molar refractivity (Wildman–Crippen MR) is 88.3 cm³/mol. The van der Waals surface area contributed by atoms with E-state index in [9.17, 15) is 14.9 Å². The molecule has 2 aromatic rings.